The van der Waals surface area contributed by atoms with E-state index in [0.717, 1.165) is 31.6 Å². The SMILES string of the molecule is C[Si](C)(C)OC(=O)CCCCCCCCCCOc1ccccc1. The van der Waals surface area contributed by atoms with Crippen LogP contribution in [0.3, 0.4) is 0 Å². The van der Waals surface area contributed by atoms with Crippen LogP contribution in [0.5, 0.6) is 5.75 Å². The first-order valence-electron chi connectivity index (χ1n) is 9.37. The van der Waals surface area contributed by atoms with Gasteiger partial charge in [-0.1, -0.05) is 56.7 Å². The Morgan fingerprint density at radius 1 is 0.833 bits per heavy atom. The van der Waals surface area contributed by atoms with Crippen molar-refractivity contribution in [2.45, 2.75) is 77.4 Å². The van der Waals surface area contributed by atoms with Gasteiger partial charge in [-0.05, 0) is 44.6 Å². The maximum absolute atomic E-state index is 11.6. The number of carbonyl (C=O) groups excluding carboxylic acids is 1. The standard InChI is InChI=1S/C20H34O3Si/c1-24(2,3)23-20(21)17-13-8-6-4-5-7-9-14-18-22-19-15-11-10-12-16-19/h10-12,15-16H,4-9,13-14,17-18H2,1-3H3. The van der Waals surface area contributed by atoms with Crippen LogP contribution in [0.1, 0.15) is 57.8 Å². The number of carbonyl (C=O) groups is 1. The van der Waals surface area contributed by atoms with Crippen molar-refractivity contribution in [3.63, 3.8) is 0 Å². The van der Waals surface area contributed by atoms with Crippen molar-refractivity contribution in [2.24, 2.45) is 0 Å². The van der Waals surface area contributed by atoms with Crippen LogP contribution < -0.4 is 4.74 Å². The van der Waals surface area contributed by atoms with Crippen molar-refractivity contribution in [2.75, 3.05) is 6.61 Å². The lowest BCUT2D eigenvalue weighted by Crippen LogP contribution is -2.28. The minimum absolute atomic E-state index is 0.00687. The molecular weight excluding hydrogens is 316 g/mol. The highest BCUT2D eigenvalue weighted by atomic mass is 28.4. The van der Waals surface area contributed by atoms with Gasteiger partial charge in [0.1, 0.15) is 5.75 Å². The van der Waals surface area contributed by atoms with Crippen LogP contribution in [0, 0.1) is 0 Å². The molecule has 1 rings (SSSR count). The molecule has 0 N–H and O–H groups in total. The molecule has 0 aliphatic carbocycles. The van der Waals surface area contributed by atoms with Crippen molar-refractivity contribution in [3.8, 4) is 5.75 Å². The molecule has 0 aromatic heterocycles. The van der Waals surface area contributed by atoms with Crippen LogP contribution in [-0.4, -0.2) is 20.9 Å². The van der Waals surface area contributed by atoms with E-state index in [-0.39, 0.29) is 5.97 Å². The van der Waals surface area contributed by atoms with Crippen LogP contribution >= 0.6 is 0 Å². The van der Waals surface area contributed by atoms with Crippen molar-refractivity contribution >= 4 is 14.3 Å². The summed E-state index contributed by atoms with van der Waals surface area (Å²) in [6, 6.07) is 10.0. The predicted molar refractivity (Wildman–Crippen MR) is 103 cm³/mol. The van der Waals surface area contributed by atoms with Gasteiger partial charge < -0.3 is 9.16 Å². The fraction of sp³-hybridized carbons (Fsp3) is 0.650. The Bertz CT molecular complexity index is 440. The summed E-state index contributed by atoms with van der Waals surface area (Å²) in [5.74, 6) is 0.956. The summed E-state index contributed by atoms with van der Waals surface area (Å²) in [5, 5.41) is 0. The minimum atomic E-state index is -1.70. The molecule has 1 aromatic carbocycles. The largest absolute Gasteiger partial charge is 0.520 e. The van der Waals surface area contributed by atoms with Gasteiger partial charge in [0, 0.05) is 6.42 Å². The quantitative estimate of drug-likeness (QED) is 0.325. The average Bonchev–Trinajstić information content (AvgIpc) is 2.52. The summed E-state index contributed by atoms with van der Waals surface area (Å²) < 4.78 is 11.1. The first-order chi connectivity index (χ1) is 11.5. The minimum Gasteiger partial charge on any atom is -0.520 e. The first-order valence-corrected chi connectivity index (χ1v) is 12.8. The molecular formula is C20H34O3Si. The van der Waals surface area contributed by atoms with E-state index in [2.05, 4.69) is 19.6 Å². The van der Waals surface area contributed by atoms with Crippen LogP contribution in [0.25, 0.3) is 0 Å². The summed E-state index contributed by atoms with van der Waals surface area (Å²) in [4.78, 5) is 11.6. The monoisotopic (exact) mass is 350 g/mol. The molecule has 0 bridgehead atoms. The molecule has 0 saturated heterocycles. The van der Waals surface area contributed by atoms with E-state index in [1.54, 1.807) is 0 Å². The van der Waals surface area contributed by atoms with Crippen LogP contribution in [0.4, 0.5) is 0 Å². The predicted octanol–water partition coefficient (Wildman–Crippen LogP) is 5.95. The molecule has 0 aliphatic heterocycles. The lowest BCUT2D eigenvalue weighted by Gasteiger charge is -2.17. The highest BCUT2D eigenvalue weighted by molar-refractivity contribution is 6.71. The Morgan fingerprint density at radius 2 is 1.38 bits per heavy atom. The molecule has 0 unspecified atom stereocenters. The van der Waals surface area contributed by atoms with E-state index >= 15 is 0 Å². The van der Waals surface area contributed by atoms with Crippen molar-refractivity contribution in [1.82, 2.24) is 0 Å². The van der Waals surface area contributed by atoms with Gasteiger partial charge in [0.2, 0.25) is 8.32 Å². The Hall–Kier alpha value is -1.29. The second-order valence-electron chi connectivity index (χ2n) is 7.33. The molecule has 0 atom stereocenters. The molecule has 0 spiro atoms. The van der Waals surface area contributed by atoms with Gasteiger partial charge in [0.25, 0.3) is 5.97 Å². The molecule has 1 aromatic rings. The fourth-order valence-electron chi connectivity index (χ4n) is 2.53. The first kappa shape index (κ1) is 20.8. The normalized spacial score (nSPS) is 11.3. The third-order valence-electron chi connectivity index (χ3n) is 3.71. The van der Waals surface area contributed by atoms with E-state index in [1.165, 1.54) is 32.1 Å². The zero-order valence-electron chi connectivity index (χ0n) is 15.7. The maximum Gasteiger partial charge on any atom is 0.292 e. The average molecular weight is 351 g/mol. The fourth-order valence-corrected chi connectivity index (χ4v) is 3.32. The number of benzene rings is 1. The lowest BCUT2D eigenvalue weighted by molar-refractivity contribution is -0.135. The number of hydrogen-bond acceptors (Lipinski definition) is 3. The van der Waals surface area contributed by atoms with Gasteiger partial charge in [-0.2, -0.15) is 0 Å². The number of para-hydroxylation sites is 1. The van der Waals surface area contributed by atoms with Gasteiger partial charge in [-0.15, -0.1) is 0 Å². The van der Waals surface area contributed by atoms with Crippen molar-refractivity contribution in [3.05, 3.63) is 30.3 Å². The highest BCUT2D eigenvalue weighted by Gasteiger charge is 2.19. The lowest BCUT2D eigenvalue weighted by atomic mass is 10.1. The molecule has 0 saturated carbocycles. The maximum atomic E-state index is 11.6. The summed E-state index contributed by atoms with van der Waals surface area (Å²) in [6.45, 7) is 6.96. The highest BCUT2D eigenvalue weighted by Crippen LogP contribution is 2.13. The summed E-state index contributed by atoms with van der Waals surface area (Å²) >= 11 is 0. The Balaban J connectivity index is 1.83. The van der Waals surface area contributed by atoms with Crippen LogP contribution in [0.15, 0.2) is 30.3 Å². The number of ether oxygens (including phenoxy) is 1. The van der Waals surface area contributed by atoms with E-state index in [9.17, 15) is 4.79 Å². The van der Waals surface area contributed by atoms with Crippen LogP contribution in [-0.2, 0) is 9.22 Å². The summed E-state index contributed by atoms with van der Waals surface area (Å²) in [7, 11) is -1.70. The number of unbranched alkanes of at least 4 members (excludes halogenated alkanes) is 7. The molecule has 4 heteroatoms. The van der Waals surface area contributed by atoms with E-state index in [4.69, 9.17) is 9.16 Å². The van der Waals surface area contributed by atoms with E-state index in [0.29, 0.717) is 6.42 Å². The Kier molecular flexibility index (Phi) is 10.5. The molecule has 3 nitrogen and oxygen atoms in total. The molecule has 0 heterocycles. The topological polar surface area (TPSA) is 35.5 Å². The van der Waals surface area contributed by atoms with Gasteiger partial charge in [0.05, 0.1) is 6.61 Å². The molecule has 24 heavy (non-hydrogen) atoms. The zero-order chi connectivity index (χ0) is 17.7. The zero-order valence-corrected chi connectivity index (χ0v) is 16.7. The van der Waals surface area contributed by atoms with Crippen molar-refractivity contribution < 1.29 is 14.0 Å². The Labute approximate surface area is 148 Å². The molecule has 136 valence electrons. The van der Waals surface area contributed by atoms with Gasteiger partial charge in [-0.3, -0.25) is 4.79 Å². The van der Waals surface area contributed by atoms with Crippen molar-refractivity contribution in [1.29, 1.82) is 0 Å². The Morgan fingerprint density at radius 3 is 1.96 bits per heavy atom. The van der Waals surface area contributed by atoms with Gasteiger partial charge in [0.15, 0.2) is 0 Å². The summed E-state index contributed by atoms with van der Waals surface area (Å²) in [6.07, 6.45) is 10.1. The third kappa shape index (κ3) is 12.2. The molecule has 0 fully saturated rings. The second kappa shape index (κ2) is 12.1. The number of rotatable bonds is 13. The molecule has 0 radical (unpaired) electrons. The third-order valence-corrected chi connectivity index (χ3v) is 4.55. The number of hydrogen-bond donors (Lipinski definition) is 0. The van der Waals surface area contributed by atoms with Gasteiger partial charge >= 0.3 is 0 Å². The van der Waals surface area contributed by atoms with Gasteiger partial charge in [-0.25, -0.2) is 0 Å². The molecule has 0 amide bonds. The molecule has 0 aliphatic rings. The van der Waals surface area contributed by atoms with Crippen LogP contribution in [0.2, 0.25) is 19.6 Å². The second-order valence-corrected chi connectivity index (χ2v) is 11.8. The summed E-state index contributed by atoms with van der Waals surface area (Å²) in [5.41, 5.74) is 0. The van der Waals surface area contributed by atoms with E-state index in [1.807, 2.05) is 30.3 Å². The smallest absolute Gasteiger partial charge is 0.292 e. The van der Waals surface area contributed by atoms with E-state index < -0.39 is 8.32 Å².